The molecule has 14 heavy (non-hydrogen) atoms. The van der Waals surface area contributed by atoms with E-state index in [1.165, 1.54) is 0 Å². The van der Waals surface area contributed by atoms with E-state index in [2.05, 4.69) is 12.2 Å². The summed E-state index contributed by atoms with van der Waals surface area (Å²) in [4.78, 5) is 0. The first-order valence-electron chi connectivity index (χ1n) is 4.96. The van der Waals surface area contributed by atoms with Crippen molar-refractivity contribution in [1.29, 1.82) is 0 Å². The number of sulfone groups is 1. The molecule has 0 aromatic carbocycles. The van der Waals surface area contributed by atoms with Crippen LogP contribution >= 0.6 is 0 Å². The highest BCUT2D eigenvalue weighted by molar-refractivity contribution is 7.92. The average Bonchev–Trinajstić information content (AvgIpc) is 2.01. The fourth-order valence-corrected chi connectivity index (χ4v) is 3.35. The highest BCUT2D eigenvalue weighted by Gasteiger charge is 2.32. The molecule has 1 fully saturated rings. The van der Waals surface area contributed by atoms with Crippen LogP contribution in [0.25, 0.3) is 0 Å². The second kappa shape index (κ2) is 5.09. The predicted molar refractivity (Wildman–Crippen MR) is 56.1 cm³/mol. The number of hydrogen-bond acceptors (Lipinski definition) is 4. The lowest BCUT2D eigenvalue weighted by atomic mass is 10.1. The normalized spacial score (nSPS) is 23.0. The monoisotopic (exact) mass is 221 g/mol. The van der Waals surface area contributed by atoms with Gasteiger partial charge in [0, 0.05) is 13.2 Å². The Hall–Kier alpha value is -0.130. The van der Waals surface area contributed by atoms with Crippen molar-refractivity contribution >= 4 is 9.84 Å². The zero-order chi connectivity index (χ0) is 10.6. The van der Waals surface area contributed by atoms with Gasteiger partial charge in [-0.2, -0.15) is 0 Å². The van der Waals surface area contributed by atoms with Gasteiger partial charge in [0.1, 0.15) is 0 Å². The van der Waals surface area contributed by atoms with Crippen molar-refractivity contribution < 1.29 is 13.2 Å². The molecule has 0 bridgehead atoms. The number of ether oxygens (including phenoxy) is 1. The molecule has 1 saturated heterocycles. The Morgan fingerprint density at radius 3 is 2.64 bits per heavy atom. The van der Waals surface area contributed by atoms with Gasteiger partial charge < -0.3 is 10.1 Å². The molecule has 84 valence electrons. The fourth-order valence-electron chi connectivity index (χ4n) is 1.68. The molecule has 0 aromatic rings. The summed E-state index contributed by atoms with van der Waals surface area (Å²) < 4.78 is 26.7. The van der Waals surface area contributed by atoms with Crippen LogP contribution in [0.5, 0.6) is 0 Å². The standard InChI is InChI=1S/C9H19NO3S/c1-8(5-13-2)10-4-3-9-6-14(11,12)7-9/h8-10H,3-7H2,1-2H3. The Morgan fingerprint density at radius 2 is 2.14 bits per heavy atom. The first-order valence-corrected chi connectivity index (χ1v) is 6.78. The molecular weight excluding hydrogens is 202 g/mol. The molecule has 1 heterocycles. The highest BCUT2D eigenvalue weighted by atomic mass is 32.2. The minimum absolute atomic E-state index is 0.344. The predicted octanol–water partition coefficient (Wildman–Crippen LogP) is 0.0456. The molecule has 1 aliphatic rings. The number of nitrogens with one attached hydrogen (secondary N) is 1. The molecule has 1 atom stereocenters. The van der Waals surface area contributed by atoms with Crippen LogP contribution in [0.2, 0.25) is 0 Å². The van der Waals surface area contributed by atoms with Gasteiger partial charge in [-0.1, -0.05) is 0 Å². The van der Waals surface area contributed by atoms with Gasteiger partial charge in [0.15, 0.2) is 9.84 Å². The summed E-state index contributed by atoms with van der Waals surface area (Å²) in [5.74, 6) is 1.14. The number of methoxy groups -OCH3 is 1. The van der Waals surface area contributed by atoms with Gasteiger partial charge in [0.2, 0.25) is 0 Å². The third-order valence-electron chi connectivity index (χ3n) is 2.44. The second-order valence-electron chi connectivity index (χ2n) is 4.04. The Morgan fingerprint density at radius 1 is 1.50 bits per heavy atom. The molecule has 1 aliphatic heterocycles. The maximum Gasteiger partial charge on any atom is 0.150 e. The summed E-state index contributed by atoms with van der Waals surface area (Å²) in [5.41, 5.74) is 0. The van der Waals surface area contributed by atoms with E-state index < -0.39 is 9.84 Å². The van der Waals surface area contributed by atoms with Crippen LogP contribution in [0.1, 0.15) is 13.3 Å². The topological polar surface area (TPSA) is 55.4 Å². The van der Waals surface area contributed by atoms with Gasteiger partial charge in [-0.3, -0.25) is 0 Å². The SMILES string of the molecule is COCC(C)NCCC1CS(=O)(=O)C1. The van der Waals surface area contributed by atoms with E-state index in [1.807, 2.05) is 0 Å². The largest absolute Gasteiger partial charge is 0.383 e. The van der Waals surface area contributed by atoms with Crippen LogP contribution < -0.4 is 5.32 Å². The molecular formula is C9H19NO3S. The van der Waals surface area contributed by atoms with Gasteiger partial charge in [0.05, 0.1) is 18.1 Å². The van der Waals surface area contributed by atoms with Crippen LogP contribution in [0.3, 0.4) is 0 Å². The zero-order valence-electron chi connectivity index (χ0n) is 8.82. The van der Waals surface area contributed by atoms with E-state index in [1.54, 1.807) is 7.11 Å². The molecule has 0 radical (unpaired) electrons. The van der Waals surface area contributed by atoms with Crippen molar-refractivity contribution in [2.24, 2.45) is 5.92 Å². The van der Waals surface area contributed by atoms with Gasteiger partial charge in [-0.05, 0) is 25.8 Å². The van der Waals surface area contributed by atoms with Crippen LogP contribution in [0, 0.1) is 5.92 Å². The van der Waals surface area contributed by atoms with E-state index in [-0.39, 0.29) is 0 Å². The Balaban J connectivity index is 2.00. The summed E-state index contributed by atoms with van der Waals surface area (Å²) >= 11 is 0. The third-order valence-corrected chi connectivity index (χ3v) is 4.40. The van der Waals surface area contributed by atoms with E-state index in [9.17, 15) is 8.42 Å². The molecule has 0 aromatic heterocycles. The second-order valence-corrected chi connectivity index (χ2v) is 6.20. The van der Waals surface area contributed by atoms with E-state index in [4.69, 9.17) is 4.74 Å². The lowest BCUT2D eigenvalue weighted by Crippen LogP contribution is -2.39. The van der Waals surface area contributed by atoms with Gasteiger partial charge in [0.25, 0.3) is 0 Å². The first kappa shape index (κ1) is 11.9. The van der Waals surface area contributed by atoms with E-state index in [0.29, 0.717) is 30.1 Å². The molecule has 0 spiro atoms. The van der Waals surface area contributed by atoms with Gasteiger partial charge >= 0.3 is 0 Å². The molecule has 4 nitrogen and oxygen atoms in total. The lowest BCUT2D eigenvalue weighted by molar-refractivity contribution is 0.171. The van der Waals surface area contributed by atoms with Crippen molar-refractivity contribution in [3.05, 3.63) is 0 Å². The van der Waals surface area contributed by atoms with Gasteiger partial charge in [-0.15, -0.1) is 0 Å². The number of hydrogen-bond donors (Lipinski definition) is 1. The van der Waals surface area contributed by atoms with Gasteiger partial charge in [-0.25, -0.2) is 8.42 Å². The first-order chi connectivity index (χ1) is 6.53. The average molecular weight is 221 g/mol. The van der Waals surface area contributed by atoms with E-state index in [0.717, 1.165) is 13.0 Å². The van der Waals surface area contributed by atoms with Crippen molar-refractivity contribution in [2.75, 3.05) is 31.8 Å². The minimum Gasteiger partial charge on any atom is -0.383 e. The Kier molecular flexibility index (Phi) is 4.34. The van der Waals surface area contributed by atoms with Crippen molar-refractivity contribution in [2.45, 2.75) is 19.4 Å². The molecule has 0 amide bonds. The van der Waals surface area contributed by atoms with Crippen LogP contribution in [0.4, 0.5) is 0 Å². The molecule has 1 unspecified atom stereocenters. The van der Waals surface area contributed by atoms with Crippen molar-refractivity contribution in [3.63, 3.8) is 0 Å². The molecule has 1 rings (SSSR count). The fraction of sp³-hybridized carbons (Fsp3) is 1.00. The summed E-state index contributed by atoms with van der Waals surface area (Å²) in [6.07, 6.45) is 0.952. The quantitative estimate of drug-likeness (QED) is 0.688. The van der Waals surface area contributed by atoms with Crippen LogP contribution in [-0.2, 0) is 14.6 Å². The smallest absolute Gasteiger partial charge is 0.150 e. The molecule has 1 N–H and O–H groups in total. The Bertz CT molecular complexity index is 251. The summed E-state index contributed by atoms with van der Waals surface area (Å²) in [7, 11) is -0.967. The van der Waals surface area contributed by atoms with Crippen LogP contribution in [0.15, 0.2) is 0 Å². The molecule has 5 heteroatoms. The van der Waals surface area contributed by atoms with Crippen molar-refractivity contribution in [1.82, 2.24) is 5.32 Å². The summed E-state index contributed by atoms with van der Waals surface area (Å²) in [6.45, 7) is 3.63. The molecule has 0 saturated carbocycles. The minimum atomic E-state index is -2.64. The van der Waals surface area contributed by atoms with Crippen molar-refractivity contribution in [3.8, 4) is 0 Å². The maximum absolute atomic E-state index is 10.9. The maximum atomic E-state index is 10.9. The summed E-state index contributed by atoms with van der Waals surface area (Å²) in [5, 5.41) is 3.29. The Labute approximate surface area is 85.9 Å². The molecule has 0 aliphatic carbocycles. The highest BCUT2D eigenvalue weighted by Crippen LogP contribution is 2.20. The summed E-state index contributed by atoms with van der Waals surface area (Å²) in [6, 6.07) is 0.344. The third kappa shape index (κ3) is 3.94. The zero-order valence-corrected chi connectivity index (χ0v) is 9.64. The number of rotatable bonds is 6. The van der Waals surface area contributed by atoms with Crippen LogP contribution in [-0.4, -0.2) is 46.2 Å². The van der Waals surface area contributed by atoms with E-state index >= 15 is 0 Å². The lowest BCUT2D eigenvalue weighted by Gasteiger charge is -2.26.